The molecular formula is C16H17F2N5O2S2. The van der Waals surface area contributed by atoms with Crippen molar-refractivity contribution in [3.05, 3.63) is 48.1 Å². The van der Waals surface area contributed by atoms with E-state index >= 15 is 0 Å². The third kappa shape index (κ3) is 4.42. The first-order chi connectivity index (χ1) is 12.9. The molecule has 2 atom stereocenters. The minimum Gasteiger partial charge on any atom is -0.463 e. The highest BCUT2D eigenvalue weighted by molar-refractivity contribution is 8.01. The average Bonchev–Trinajstić information content (AvgIpc) is 3.27. The Morgan fingerprint density at radius 3 is 2.89 bits per heavy atom. The van der Waals surface area contributed by atoms with Crippen molar-refractivity contribution in [2.24, 2.45) is 0 Å². The van der Waals surface area contributed by atoms with Crippen LogP contribution >= 0.6 is 23.3 Å². The van der Waals surface area contributed by atoms with Gasteiger partial charge in [0.05, 0.1) is 13.2 Å². The molecule has 0 saturated carbocycles. The van der Waals surface area contributed by atoms with Gasteiger partial charge < -0.3 is 9.84 Å². The maximum absolute atomic E-state index is 14.5. The van der Waals surface area contributed by atoms with Gasteiger partial charge in [-0.2, -0.15) is 10.1 Å². The molecule has 0 aliphatic heterocycles. The highest BCUT2D eigenvalue weighted by Crippen LogP contribution is 2.40. The van der Waals surface area contributed by atoms with E-state index in [1.165, 1.54) is 35.2 Å². The lowest BCUT2D eigenvalue weighted by atomic mass is 9.90. The molecule has 0 radical (unpaired) electrons. The van der Waals surface area contributed by atoms with Crippen LogP contribution < -0.4 is 4.74 Å². The van der Waals surface area contributed by atoms with Crippen LogP contribution in [0, 0.1) is 11.6 Å². The van der Waals surface area contributed by atoms with Gasteiger partial charge in [-0.1, -0.05) is 17.8 Å². The van der Waals surface area contributed by atoms with Gasteiger partial charge >= 0.3 is 6.01 Å². The number of aromatic nitrogens is 5. The number of ether oxygens (including phenoxy) is 1. The lowest BCUT2D eigenvalue weighted by molar-refractivity contribution is 0.0133. The van der Waals surface area contributed by atoms with Crippen LogP contribution in [0.1, 0.15) is 19.4 Å². The molecule has 144 valence electrons. The number of hydrogen-bond acceptors (Lipinski definition) is 8. The van der Waals surface area contributed by atoms with Gasteiger partial charge in [-0.25, -0.2) is 18.4 Å². The fourth-order valence-electron chi connectivity index (χ4n) is 2.52. The Kier molecular flexibility index (Phi) is 6.02. The summed E-state index contributed by atoms with van der Waals surface area (Å²) >= 11 is 2.34. The summed E-state index contributed by atoms with van der Waals surface area (Å²) in [6, 6.07) is 3.35. The van der Waals surface area contributed by atoms with Crippen molar-refractivity contribution in [1.29, 1.82) is 0 Å². The van der Waals surface area contributed by atoms with E-state index in [0.29, 0.717) is 10.9 Å². The van der Waals surface area contributed by atoms with Crippen molar-refractivity contribution >= 4 is 23.3 Å². The Labute approximate surface area is 162 Å². The molecule has 2 aromatic heterocycles. The number of aliphatic hydroxyl groups is 1. The molecule has 0 fully saturated rings. The predicted octanol–water partition coefficient (Wildman–Crippen LogP) is 2.88. The predicted molar refractivity (Wildman–Crippen MR) is 96.7 cm³/mol. The number of nitrogens with zero attached hydrogens (tertiary/aromatic N) is 5. The number of halogens is 2. The summed E-state index contributed by atoms with van der Waals surface area (Å²) in [5.74, 6) is -1.55. The Bertz CT molecular complexity index is 893. The maximum Gasteiger partial charge on any atom is 0.329 e. The molecule has 1 aromatic carbocycles. The topological polar surface area (TPSA) is 86.0 Å². The Morgan fingerprint density at radius 2 is 2.22 bits per heavy atom. The second-order valence-electron chi connectivity index (χ2n) is 5.68. The average molecular weight is 413 g/mol. The van der Waals surface area contributed by atoms with Crippen molar-refractivity contribution in [2.75, 3.05) is 6.61 Å². The summed E-state index contributed by atoms with van der Waals surface area (Å²) in [5.41, 5.74) is -1.73. The molecule has 0 bridgehead atoms. The Morgan fingerprint density at radius 1 is 1.41 bits per heavy atom. The summed E-state index contributed by atoms with van der Waals surface area (Å²) in [4.78, 5) is 8.08. The van der Waals surface area contributed by atoms with Crippen LogP contribution in [-0.2, 0) is 12.1 Å². The van der Waals surface area contributed by atoms with E-state index in [9.17, 15) is 13.9 Å². The summed E-state index contributed by atoms with van der Waals surface area (Å²) in [7, 11) is 0. The molecule has 0 spiro atoms. The van der Waals surface area contributed by atoms with Crippen LogP contribution in [0.3, 0.4) is 0 Å². The summed E-state index contributed by atoms with van der Waals surface area (Å²) < 4.78 is 39.1. The highest BCUT2D eigenvalue weighted by Gasteiger charge is 2.40. The Balaban J connectivity index is 1.92. The van der Waals surface area contributed by atoms with Gasteiger partial charge in [0, 0.05) is 16.9 Å². The standard InChI is InChI=1S/C16H17F2N5O2S2/c1-3-25-14-21-15(27-22-14)26-10(2)16(24,7-23-9-19-8-20-23)12-5-4-11(17)6-13(12)18/h4-6,8-10,24H,3,7H2,1-2H3/t10-,16-/m1/s1. The number of benzene rings is 1. The molecule has 0 unspecified atom stereocenters. The van der Waals surface area contributed by atoms with Crippen LogP contribution in [0.4, 0.5) is 8.78 Å². The van der Waals surface area contributed by atoms with Crippen LogP contribution in [-0.4, -0.2) is 41.1 Å². The largest absolute Gasteiger partial charge is 0.463 e. The van der Waals surface area contributed by atoms with E-state index in [4.69, 9.17) is 4.74 Å². The molecule has 2 heterocycles. The molecule has 0 aliphatic rings. The highest BCUT2D eigenvalue weighted by atomic mass is 32.2. The first-order valence-corrected chi connectivity index (χ1v) is 9.71. The van der Waals surface area contributed by atoms with E-state index in [1.54, 1.807) is 6.92 Å². The Hall–Kier alpha value is -2.11. The lowest BCUT2D eigenvalue weighted by Gasteiger charge is -2.33. The van der Waals surface area contributed by atoms with Crippen molar-refractivity contribution in [2.45, 2.75) is 35.6 Å². The minimum atomic E-state index is -1.70. The molecule has 0 amide bonds. The van der Waals surface area contributed by atoms with E-state index < -0.39 is 22.5 Å². The second kappa shape index (κ2) is 8.28. The molecule has 3 rings (SSSR count). The van der Waals surface area contributed by atoms with Crippen LogP contribution in [0.2, 0.25) is 0 Å². The van der Waals surface area contributed by atoms with Gasteiger partial charge in [-0.3, -0.25) is 0 Å². The normalized spacial score (nSPS) is 14.7. The molecule has 0 aliphatic carbocycles. The monoisotopic (exact) mass is 413 g/mol. The zero-order chi connectivity index (χ0) is 19.4. The summed E-state index contributed by atoms with van der Waals surface area (Å²) in [6.07, 6.45) is 2.74. The van der Waals surface area contributed by atoms with E-state index in [2.05, 4.69) is 19.4 Å². The van der Waals surface area contributed by atoms with Crippen molar-refractivity contribution in [3.63, 3.8) is 0 Å². The van der Waals surface area contributed by atoms with Crippen LogP contribution in [0.25, 0.3) is 0 Å². The maximum atomic E-state index is 14.5. The SMILES string of the molecule is CCOc1nsc(S[C@H](C)[C@](O)(Cn2cncn2)c2ccc(F)cc2F)n1. The van der Waals surface area contributed by atoms with E-state index in [0.717, 1.165) is 23.7 Å². The number of thioether (sulfide) groups is 1. The van der Waals surface area contributed by atoms with Crippen molar-refractivity contribution in [1.82, 2.24) is 24.1 Å². The third-order valence-electron chi connectivity index (χ3n) is 3.88. The summed E-state index contributed by atoms with van der Waals surface area (Å²) in [5, 5.41) is 14.8. The van der Waals surface area contributed by atoms with Gasteiger partial charge in [0.1, 0.15) is 29.9 Å². The minimum absolute atomic E-state index is 0.0334. The first-order valence-electron chi connectivity index (χ1n) is 8.06. The van der Waals surface area contributed by atoms with Crippen LogP contribution in [0.5, 0.6) is 6.01 Å². The number of hydrogen-bond donors (Lipinski definition) is 1. The lowest BCUT2D eigenvalue weighted by Crippen LogP contribution is -2.41. The molecule has 7 nitrogen and oxygen atoms in total. The molecule has 1 N–H and O–H groups in total. The van der Waals surface area contributed by atoms with E-state index in [-0.39, 0.29) is 18.1 Å². The second-order valence-corrected chi connectivity index (χ2v) is 8.02. The molecule has 11 heteroatoms. The fourth-order valence-corrected chi connectivity index (χ4v) is 4.43. The molecular weight excluding hydrogens is 396 g/mol. The van der Waals surface area contributed by atoms with Gasteiger partial charge in [-0.15, -0.1) is 4.37 Å². The van der Waals surface area contributed by atoms with Crippen LogP contribution in [0.15, 0.2) is 35.2 Å². The van der Waals surface area contributed by atoms with Crippen molar-refractivity contribution < 1.29 is 18.6 Å². The van der Waals surface area contributed by atoms with Gasteiger partial charge in [-0.05, 0) is 31.4 Å². The van der Waals surface area contributed by atoms with Gasteiger partial charge in [0.25, 0.3) is 0 Å². The van der Waals surface area contributed by atoms with Crippen molar-refractivity contribution in [3.8, 4) is 6.01 Å². The molecule has 0 saturated heterocycles. The zero-order valence-electron chi connectivity index (χ0n) is 14.5. The van der Waals surface area contributed by atoms with Gasteiger partial charge in [0.2, 0.25) is 0 Å². The molecule has 3 aromatic rings. The number of rotatable bonds is 8. The van der Waals surface area contributed by atoms with E-state index in [1.807, 2.05) is 6.92 Å². The first kappa shape index (κ1) is 19.6. The summed E-state index contributed by atoms with van der Waals surface area (Å²) in [6.45, 7) is 3.92. The molecule has 27 heavy (non-hydrogen) atoms. The quantitative estimate of drug-likeness (QED) is 0.568. The third-order valence-corrected chi connectivity index (χ3v) is 5.92. The fraction of sp³-hybridized carbons (Fsp3) is 0.375. The zero-order valence-corrected chi connectivity index (χ0v) is 16.2. The van der Waals surface area contributed by atoms with Gasteiger partial charge in [0.15, 0.2) is 4.34 Å². The smallest absolute Gasteiger partial charge is 0.329 e.